The molecule has 6 heterocycles. The number of nitrogens with one attached hydrogen (secondary N) is 3. The molecular weight excluding hydrogens is 502 g/mol. The number of nitrogens with zero attached hydrogens (tertiary/aromatic N) is 4. The molecule has 0 unspecified atom stereocenters. The monoisotopic (exact) mass is 531 g/mol. The normalized spacial score (nSPS) is 14.3. The maximum atomic E-state index is 4.71. The van der Waals surface area contributed by atoms with Crippen molar-refractivity contribution in [2.45, 2.75) is 39.0 Å². The SMILES string of the molecule is C=C(Nc1cncc(-c2cc3c(-c4cc5c(-c6ccc(C)s6)nccc5[nH]4)n[nH]c3cn2)c1)C1CCCCC1. The molecule has 6 aromatic rings. The number of allylic oxidation sites excluding steroid dienone is 1. The summed E-state index contributed by atoms with van der Waals surface area (Å²) in [6, 6.07) is 12.6. The lowest BCUT2D eigenvalue weighted by Crippen LogP contribution is -2.14. The quantitative estimate of drug-likeness (QED) is 0.202. The van der Waals surface area contributed by atoms with Crippen molar-refractivity contribution in [3.05, 3.63) is 78.3 Å². The van der Waals surface area contributed by atoms with E-state index in [0.717, 1.165) is 66.4 Å². The van der Waals surface area contributed by atoms with E-state index in [9.17, 15) is 0 Å². The first-order valence-electron chi connectivity index (χ1n) is 13.4. The summed E-state index contributed by atoms with van der Waals surface area (Å²) in [7, 11) is 0. The summed E-state index contributed by atoms with van der Waals surface area (Å²) >= 11 is 1.75. The van der Waals surface area contributed by atoms with Crippen molar-refractivity contribution < 1.29 is 0 Å². The van der Waals surface area contributed by atoms with E-state index in [1.165, 1.54) is 37.0 Å². The molecule has 8 heteroatoms. The first-order valence-corrected chi connectivity index (χ1v) is 14.2. The Morgan fingerprint density at radius 2 is 1.82 bits per heavy atom. The Morgan fingerprint density at radius 1 is 0.949 bits per heavy atom. The number of thiophene rings is 1. The van der Waals surface area contributed by atoms with Gasteiger partial charge in [-0.1, -0.05) is 25.8 Å². The van der Waals surface area contributed by atoms with Gasteiger partial charge >= 0.3 is 0 Å². The van der Waals surface area contributed by atoms with Gasteiger partial charge in [-0.25, -0.2) is 0 Å². The zero-order valence-electron chi connectivity index (χ0n) is 21.8. The molecule has 1 aliphatic carbocycles. The first-order chi connectivity index (χ1) is 19.1. The second-order valence-electron chi connectivity index (χ2n) is 10.3. The fraction of sp³-hybridized carbons (Fsp3) is 0.226. The van der Waals surface area contributed by atoms with E-state index < -0.39 is 0 Å². The Morgan fingerprint density at radius 3 is 2.67 bits per heavy atom. The molecule has 1 fully saturated rings. The average Bonchev–Trinajstić information content (AvgIpc) is 3.71. The molecule has 7 nitrogen and oxygen atoms in total. The predicted octanol–water partition coefficient (Wildman–Crippen LogP) is 8.11. The number of aromatic nitrogens is 6. The molecule has 0 spiro atoms. The third-order valence-electron chi connectivity index (χ3n) is 7.66. The zero-order valence-corrected chi connectivity index (χ0v) is 22.6. The van der Waals surface area contributed by atoms with E-state index in [1.54, 1.807) is 11.3 Å². The van der Waals surface area contributed by atoms with E-state index in [-0.39, 0.29) is 0 Å². The summed E-state index contributed by atoms with van der Waals surface area (Å²) < 4.78 is 0. The van der Waals surface area contributed by atoms with Crippen molar-refractivity contribution in [3.8, 4) is 33.2 Å². The van der Waals surface area contributed by atoms with Crippen LogP contribution in [0.4, 0.5) is 5.69 Å². The van der Waals surface area contributed by atoms with E-state index in [0.29, 0.717) is 5.92 Å². The highest BCUT2D eigenvalue weighted by Crippen LogP contribution is 2.36. The van der Waals surface area contributed by atoms with Crippen LogP contribution < -0.4 is 5.32 Å². The van der Waals surface area contributed by atoms with E-state index in [2.05, 4.69) is 69.3 Å². The summed E-state index contributed by atoms with van der Waals surface area (Å²) in [5.74, 6) is 0.529. The van der Waals surface area contributed by atoms with Crippen LogP contribution in [0.5, 0.6) is 0 Å². The fourth-order valence-corrected chi connectivity index (χ4v) is 6.48. The van der Waals surface area contributed by atoms with E-state index in [1.807, 2.05) is 30.9 Å². The number of aromatic amines is 2. The van der Waals surface area contributed by atoms with Gasteiger partial charge in [-0.3, -0.25) is 20.1 Å². The highest BCUT2D eigenvalue weighted by atomic mass is 32.1. The van der Waals surface area contributed by atoms with Gasteiger partial charge in [-0.05, 0) is 62.1 Å². The molecular formula is C31H29N7S. The van der Waals surface area contributed by atoms with Crippen LogP contribution in [0, 0.1) is 12.8 Å². The lowest BCUT2D eigenvalue weighted by atomic mass is 9.87. The number of rotatable bonds is 6. The molecule has 0 saturated heterocycles. The van der Waals surface area contributed by atoms with Gasteiger partial charge in [0.15, 0.2) is 0 Å². The summed E-state index contributed by atoms with van der Waals surface area (Å²) in [5, 5.41) is 13.4. The van der Waals surface area contributed by atoms with Gasteiger partial charge < -0.3 is 10.3 Å². The number of pyridine rings is 3. The standard InChI is InChI=1S/C31H29N7S/c1-18-8-9-29(39-18)31-23-14-27(36-25(23)10-11-33-31)30-24-13-26(34-17-28(24)37-38-30)21-12-22(16-32-15-21)35-19(2)20-6-4-3-5-7-20/h8-17,20,35-36H,2-7H2,1H3,(H,37,38). The molecule has 0 radical (unpaired) electrons. The van der Waals surface area contributed by atoms with Crippen LogP contribution >= 0.6 is 11.3 Å². The summed E-state index contributed by atoms with van der Waals surface area (Å²) in [6.45, 7) is 6.44. The van der Waals surface area contributed by atoms with Crippen molar-refractivity contribution in [2.24, 2.45) is 5.92 Å². The maximum absolute atomic E-state index is 4.71. The second kappa shape index (κ2) is 9.78. The lowest BCUT2D eigenvalue weighted by Gasteiger charge is -2.24. The number of fused-ring (bicyclic) bond motifs is 2. The van der Waals surface area contributed by atoms with Gasteiger partial charge in [0.25, 0.3) is 0 Å². The summed E-state index contributed by atoms with van der Waals surface area (Å²) in [4.78, 5) is 19.9. The van der Waals surface area contributed by atoms with Gasteiger partial charge in [-0.2, -0.15) is 5.10 Å². The van der Waals surface area contributed by atoms with Gasteiger partial charge in [0.05, 0.1) is 45.6 Å². The second-order valence-corrected chi connectivity index (χ2v) is 11.6. The lowest BCUT2D eigenvalue weighted by molar-refractivity contribution is 0.405. The fourth-order valence-electron chi connectivity index (χ4n) is 5.61. The molecule has 1 saturated carbocycles. The summed E-state index contributed by atoms with van der Waals surface area (Å²) in [6.07, 6.45) is 13.7. The molecule has 0 bridgehead atoms. The van der Waals surface area contributed by atoms with Crippen molar-refractivity contribution in [2.75, 3.05) is 5.32 Å². The van der Waals surface area contributed by atoms with Crippen LogP contribution in [0.2, 0.25) is 0 Å². The van der Waals surface area contributed by atoms with Crippen molar-refractivity contribution >= 4 is 38.8 Å². The minimum atomic E-state index is 0.529. The Labute approximate surface area is 230 Å². The highest BCUT2D eigenvalue weighted by Gasteiger charge is 2.18. The summed E-state index contributed by atoms with van der Waals surface area (Å²) in [5.41, 5.74) is 8.51. The van der Waals surface area contributed by atoms with Crippen molar-refractivity contribution in [1.29, 1.82) is 0 Å². The minimum absolute atomic E-state index is 0.529. The van der Waals surface area contributed by atoms with E-state index in [4.69, 9.17) is 9.97 Å². The van der Waals surface area contributed by atoms with Crippen LogP contribution in [0.1, 0.15) is 37.0 Å². The smallest absolute Gasteiger partial charge is 0.116 e. The molecule has 0 amide bonds. The Bertz CT molecular complexity index is 1820. The van der Waals surface area contributed by atoms with Crippen LogP contribution in [0.15, 0.2) is 73.5 Å². The Hall–Kier alpha value is -4.30. The van der Waals surface area contributed by atoms with Crippen LogP contribution in [0.3, 0.4) is 0 Å². The topological polar surface area (TPSA) is 95.2 Å². The van der Waals surface area contributed by atoms with Gasteiger partial charge in [0.2, 0.25) is 0 Å². The zero-order chi connectivity index (χ0) is 26.3. The molecule has 7 rings (SSSR count). The molecule has 39 heavy (non-hydrogen) atoms. The molecule has 0 atom stereocenters. The Balaban J connectivity index is 1.22. The molecule has 194 valence electrons. The van der Waals surface area contributed by atoms with Crippen molar-refractivity contribution in [3.63, 3.8) is 0 Å². The maximum Gasteiger partial charge on any atom is 0.116 e. The number of hydrogen-bond donors (Lipinski definition) is 3. The molecule has 0 aliphatic heterocycles. The van der Waals surface area contributed by atoms with E-state index >= 15 is 0 Å². The number of aryl methyl sites for hydroxylation is 1. The third-order valence-corrected chi connectivity index (χ3v) is 8.67. The van der Waals surface area contributed by atoms with Crippen LogP contribution in [-0.2, 0) is 0 Å². The number of anilines is 1. The van der Waals surface area contributed by atoms with Gasteiger partial charge in [-0.15, -0.1) is 11.3 Å². The molecule has 6 aromatic heterocycles. The number of H-pyrrole nitrogens is 2. The van der Waals surface area contributed by atoms with Gasteiger partial charge in [0, 0.05) is 44.8 Å². The minimum Gasteiger partial charge on any atom is -0.358 e. The third kappa shape index (κ3) is 4.51. The first kappa shape index (κ1) is 23.8. The van der Waals surface area contributed by atoms with Crippen molar-refractivity contribution in [1.82, 2.24) is 30.1 Å². The molecule has 3 N–H and O–H groups in total. The Kier molecular flexibility index (Phi) is 5.97. The largest absolute Gasteiger partial charge is 0.358 e. The molecule has 0 aromatic carbocycles. The van der Waals surface area contributed by atoms with Crippen LogP contribution in [-0.4, -0.2) is 30.1 Å². The highest BCUT2D eigenvalue weighted by molar-refractivity contribution is 7.15. The van der Waals surface area contributed by atoms with Crippen LogP contribution in [0.25, 0.3) is 55.0 Å². The predicted molar refractivity (Wildman–Crippen MR) is 160 cm³/mol. The average molecular weight is 532 g/mol. The molecule has 1 aliphatic rings. The number of hydrogen-bond acceptors (Lipinski definition) is 6. The van der Waals surface area contributed by atoms with Gasteiger partial charge in [0.1, 0.15) is 5.69 Å².